The number of piperidine rings is 2. The van der Waals surface area contributed by atoms with Gasteiger partial charge in [-0.3, -0.25) is 14.4 Å². The van der Waals surface area contributed by atoms with E-state index in [0.717, 1.165) is 42.4 Å². The number of amides is 2. The van der Waals surface area contributed by atoms with Gasteiger partial charge in [0, 0.05) is 19.6 Å². The van der Waals surface area contributed by atoms with Gasteiger partial charge in [-0.05, 0) is 50.7 Å². The fourth-order valence-corrected chi connectivity index (χ4v) is 5.43. The van der Waals surface area contributed by atoms with Crippen molar-refractivity contribution in [2.45, 2.75) is 52.0 Å². The summed E-state index contributed by atoms with van der Waals surface area (Å²) in [5, 5.41) is 0. The van der Waals surface area contributed by atoms with Crippen molar-refractivity contribution in [3.63, 3.8) is 0 Å². The van der Waals surface area contributed by atoms with E-state index in [2.05, 4.69) is 25.1 Å². The van der Waals surface area contributed by atoms with Gasteiger partial charge >= 0.3 is 5.97 Å². The van der Waals surface area contributed by atoms with Gasteiger partial charge < -0.3 is 14.5 Å². The van der Waals surface area contributed by atoms with Crippen molar-refractivity contribution in [2.75, 3.05) is 26.2 Å². The van der Waals surface area contributed by atoms with Crippen molar-refractivity contribution in [1.82, 2.24) is 9.80 Å². The lowest BCUT2D eigenvalue weighted by molar-refractivity contribution is -0.152. The maximum absolute atomic E-state index is 13.5. The topological polar surface area (TPSA) is 66.9 Å². The smallest absolute Gasteiger partial charge is 0.310 e. The fraction of sp³-hybridized carbons (Fsp3) is 0.483. The van der Waals surface area contributed by atoms with Crippen molar-refractivity contribution in [3.8, 4) is 0 Å². The molecule has 0 N–H and O–H groups in total. The Morgan fingerprint density at radius 1 is 0.943 bits per heavy atom. The Balaban J connectivity index is 1.51. The number of ether oxygens (including phenoxy) is 1. The van der Waals surface area contributed by atoms with Gasteiger partial charge in [-0.1, -0.05) is 60.2 Å². The molecule has 2 aromatic carbocycles. The molecule has 2 aliphatic heterocycles. The molecule has 0 saturated carbocycles. The first kappa shape index (κ1) is 25.0. The van der Waals surface area contributed by atoms with Gasteiger partial charge in [-0.25, -0.2) is 0 Å². The van der Waals surface area contributed by atoms with Gasteiger partial charge in [0.2, 0.25) is 11.8 Å². The zero-order valence-corrected chi connectivity index (χ0v) is 20.8. The summed E-state index contributed by atoms with van der Waals surface area (Å²) in [6, 6.07) is 18.0. The lowest BCUT2D eigenvalue weighted by atomic mass is 9.86. The van der Waals surface area contributed by atoms with Gasteiger partial charge in [0.05, 0.1) is 30.9 Å². The zero-order valence-electron chi connectivity index (χ0n) is 20.8. The van der Waals surface area contributed by atoms with E-state index in [1.54, 1.807) is 6.92 Å². The van der Waals surface area contributed by atoms with E-state index in [0.29, 0.717) is 32.7 Å². The third-order valence-electron chi connectivity index (χ3n) is 7.23. The summed E-state index contributed by atoms with van der Waals surface area (Å²) in [5.74, 6) is -0.626. The predicted molar refractivity (Wildman–Crippen MR) is 134 cm³/mol. The van der Waals surface area contributed by atoms with Crippen LogP contribution in [0.3, 0.4) is 0 Å². The van der Waals surface area contributed by atoms with Crippen molar-refractivity contribution < 1.29 is 19.1 Å². The van der Waals surface area contributed by atoms with Crippen molar-refractivity contribution in [3.05, 3.63) is 71.3 Å². The van der Waals surface area contributed by atoms with Crippen LogP contribution in [0.25, 0.3) is 0 Å². The SMILES string of the molecule is CCOC(=O)C1CCCN(C(=O)C2CCC(c3cccc(C)c3)N(C(=O)Cc3ccccc3)C2)C1. The molecule has 2 aliphatic rings. The van der Waals surface area contributed by atoms with Crippen molar-refractivity contribution in [2.24, 2.45) is 11.8 Å². The summed E-state index contributed by atoms with van der Waals surface area (Å²) in [7, 11) is 0. The Morgan fingerprint density at radius 3 is 2.49 bits per heavy atom. The maximum atomic E-state index is 13.5. The molecule has 3 atom stereocenters. The van der Waals surface area contributed by atoms with Gasteiger partial charge in [0.15, 0.2) is 0 Å². The molecule has 2 heterocycles. The Kier molecular flexibility index (Phi) is 8.21. The molecule has 0 aromatic heterocycles. The molecular formula is C29H36N2O4. The predicted octanol–water partition coefficient (Wildman–Crippen LogP) is 4.32. The van der Waals surface area contributed by atoms with Gasteiger partial charge in [-0.15, -0.1) is 0 Å². The van der Waals surface area contributed by atoms with E-state index in [9.17, 15) is 14.4 Å². The number of rotatable bonds is 6. The molecule has 0 aliphatic carbocycles. The second-order valence-corrected chi connectivity index (χ2v) is 9.79. The summed E-state index contributed by atoms with van der Waals surface area (Å²) in [4.78, 5) is 43.1. The molecular weight excluding hydrogens is 440 g/mol. The fourth-order valence-electron chi connectivity index (χ4n) is 5.43. The lowest BCUT2D eigenvalue weighted by Gasteiger charge is -2.42. The summed E-state index contributed by atoms with van der Waals surface area (Å²) in [6.45, 7) is 5.69. The molecule has 2 amide bonds. The summed E-state index contributed by atoms with van der Waals surface area (Å²) in [6.07, 6.45) is 3.34. The standard InChI is InChI=1S/C29H36N2O4/c1-3-35-29(34)25-13-8-16-30(19-25)28(33)24-14-15-26(23-12-7-9-21(2)17-23)31(20-24)27(32)18-22-10-5-4-6-11-22/h4-7,9-12,17,24-26H,3,8,13-16,18-20H2,1-2H3. The van der Waals surface area contributed by atoms with Crippen LogP contribution in [-0.4, -0.2) is 53.8 Å². The van der Waals surface area contributed by atoms with Crippen LogP contribution < -0.4 is 0 Å². The number of nitrogens with zero attached hydrogens (tertiary/aromatic N) is 2. The Bertz CT molecular complexity index is 1040. The summed E-state index contributed by atoms with van der Waals surface area (Å²) in [5.41, 5.74) is 3.26. The van der Waals surface area contributed by atoms with Crippen LogP contribution in [0, 0.1) is 18.8 Å². The molecule has 6 heteroatoms. The number of esters is 1. The average Bonchev–Trinajstić information content (AvgIpc) is 2.88. The summed E-state index contributed by atoms with van der Waals surface area (Å²) < 4.78 is 5.20. The first-order valence-corrected chi connectivity index (χ1v) is 12.8. The number of carbonyl (C=O) groups is 3. The normalized spacial score (nSPS) is 22.5. The highest BCUT2D eigenvalue weighted by molar-refractivity contribution is 5.83. The monoisotopic (exact) mass is 476 g/mol. The molecule has 35 heavy (non-hydrogen) atoms. The molecule has 2 saturated heterocycles. The minimum Gasteiger partial charge on any atom is -0.466 e. The summed E-state index contributed by atoms with van der Waals surface area (Å²) >= 11 is 0. The largest absolute Gasteiger partial charge is 0.466 e. The first-order chi connectivity index (χ1) is 17.0. The number of hydrogen-bond donors (Lipinski definition) is 0. The van der Waals surface area contributed by atoms with Crippen LogP contribution in [0.2, 0.25) is 0 Å². The van der Waals surface area contributed by atoms with Crippen LogP contribution in [0.1, 0.15) is 55.3 Å². The third kappa shape index (κ3) is 6.11. The molecule has 186 valence electrons. The maximum Gasteiger partial charge on any atom is 0.310 e. The van der Waals surface area contributed by atoms with E-state index in [1.807, 2.05) is 46.2 Å². The molecule has 2 fully saturated rings. The number of benzene rings is 2. The van der Waals surface area contributed by atoms with Crippen LogP contribution in [0.4, 0.5) is 0 Å². The molecule has 0 radical (unpaired) electrons. The number of aryl methyl sites for hydroxylation is 1. The second kappa shape index (κ2) is 11.5. The molecule has 2 aromatic rings. The van der Waals surface area contributed by atoms with Crippen LogP contribution in [0.15, 0.2) is 54.6 Å². The molecule has 0 spiro atoms. The van der Waals surface area contributed by atoms with Gasteiger partial charge in [0.25, 0.3) is 0 Å². The minimum absolute atomic E-state index is 0.0381. The van der Waals surface area contributed by atoms with E-state index in [-0.39, 0.29) is 35.7 Å². The highest BCUT2D eigenvalue weighted by Crippen LogP contribution is 2.35. The number of hydrogen-bond acceptors (Lipinski definition) is 4. The molecule has 6 nitrogen and oxygen atoms in total. The molecule has 3 unspecified atom stereocenters. The second-order valence-electron chi connectivity index (χ2n) is 9.79. The Hall–Kier alpha value is -3.15. The average molecular weight is 477 g/mol. The van der Waals surface area contributed by atoms with E-state index < -0.39 is 0 Å². The highest BCUT2D eigenvalue weighted by atomic mass is 16.5. The first-order valence-electron chi connectivity index (χ1n) is 12.8. The number of likely N-dealkylation sites (tertiary alicyclic amines) is 2. The van der Waals surface area contributed by atoms with Gasteiger partial charge in [-0.2, -0.15) is 0 Å². The quantitative estimate of drug-likeness (QED) is 0.583. The van der Waals surface area contributed by atoms with E-state index in [4.69, 9.17) is 4.74 Å². The van der Waals surface area contributed by atoms with Crippen molar-refractivity contribution >= 4 is 17.8 Å². The van der Waals surface area contributed by atoms with Crippen LogP contribution >= 0.6 is 0 Å². The number of carbonyl (C=O) groups excluding carboxylic acids is 3. The van der Waals surface area contributed by atoms with E-state index >= 15 is 0 Å². The van der Waals surface area contributed by atoms with Crippen LogP contribution in [0.5, 0.6) is 0 Å². The van der Waals surface area contributed by atoms with E-state index in [1.165, 1.54) is 0 Å². The molecule has 4 rings (SSSR count). The lowest BCUT2D eigenvalue weighted by Crippen LogP contribution is -2.51. The third-order valence-corrected chi connectivity index (χ3v) is 7.23. The van der Waals surface area contributed by atoms with Gasteiger partial charge in [0.1, 0.15) is 0 Å². The van der Waals surface area contributed by atoms with Crippen molar-refractivity contribution in [1.29, 1.82) is 0 Å². The Morgan fingerprint density at radius 2 is 1.74 bits per heavy atom. The molecule has 0 bridgehead atoms. The highest BCUT2D eigenvalue weighted by Gasteiger charge is 2.39. The van der Waals surface area contributed by atoms with Crippen LogP contribution in [-0.2, 0) is 25.5 Å². The Labute approximate surface area is 208 Å². The zero-order chi connectivity index (χ0) is 24.8. The minimum atomic E-state index is -0.257.